The summed E-state index contributed by atoms with van der Waals surface area (Å²) in [6.45, 7) is 3.01. The molecule has 1 heterocycles. The summed E-state index contributed by atoms with van der Waals surface area (Å²) in [7, 11) is 0. The van der Waals surface area contributed by atoms with Gasteiger partial charge in [0.1, 0.15) is 0 Å². The summed E-state index contributed by atoms with van der Waals surface area (Å²) in [5.74, 6) is -1.62. The van der Waals surface area contributed by atoms with Crippen LogP contribution in [-0.4, -0.2) is 21.5 Å². The predicted molar refractivity (Wildman–Crippen MR) is 62.8 cm³/mol. The molecule has 96 valence electrons. The highest BCUT2D eigenvalue weighted by atomic mass is 19.2. The van der Waals surface area contributed by atoms with Crippen LogP contribution in [0, 0.1) is 11.6 Å². The molecule has 1 unspecified atom stereocenters. The van der Waals surface area contributed by atoms with Crippen molar-refractivity contribution < 1.29 is 8.78 Å². The molecule has 2 aromatic rings. The van der Waals surface area contributed by atoms with Gasteiger partial charge in [0.15, 0.2) is 11.6 Å². The maximum atomic E-state index is 13.5. The first-order chi connectivity index (χ1) is 8.68. The van der Waals surface area contributed by atoms with E-state index in [-0.39, 0.29) is 6.04 Å². The van der Waals surface area contributed by atoms with E-state index in [2.05, 4.69) is 15.6 Å². The molecule has 2 rings (SSSR count). The zero-order valence-electron chi connectivity index (χ0n) is 9.98. The Hall–Kier alpha value is -1.82. The molecule has 6 heteroatoms. The third-order valence-electron chi connectivity index (χ3n) is 2.71. The highest BCUT2D eigenvalue weighted by molar-refractivity contribution is 5.21. The van der Waals surface area contributed by atoms with E-state index >= 15 is 0 Å². The van der Waals surface area contributed by atoms with Gasteiger partial charge in [-0.15, -0.1) is 5.10 Å². The molecule has 0 radical (unpaired) electrons. The minimum atomic E-state index is -0.822. The van der Waals surface area contributed by atoms with Gasteiger partial charge in [-0.05, 0) is 13.0 Å². The zero-order valence-corrected chi connectivity index (χ0v) is 9.98. The Morgan fingerprint density at radius 2 is 2.22 bits per heavy atom. The molecule has 1 atom stereocenters. The van der Waals surface area contributed by atoms with Crippen LogP contribution < -0.4 is 5.32 Å². The van der Waals surface area contributed by atoms with Crippen LogP contribution in [0.1, 0.15) is 18.5 Å². The Balaban J connectivity index is 1.91. The summed E-state index contributed by atoms with van der Waals surface area (Å²) < 4.78 is 28.2. The number of nitrogens with zero attached hydrogens (tertiary/aromatic N) is 3. The number of benzene rings is 1. The number of halogens is 2. The Morgan fingerprint density at radius 1 is 1.39 bits per heavy atom. The molecule has 0 aliphatic carbocycles. The highest BCUT2D eigenvalue weighted by Crippen LogP contribution is 2.18. The topological polar surface area (TPSA) is 42.7 Å². The summed E-state index contributed by atoms with van der Waals surface area (Å²) in [5.41, 5.74) is 0.327. The number of nitrogens with one attached hydrogen (secondary N) is 1. The minimum Gasteiger partial charge on any atom is -0.308 e. The van der Waals surface area contributed by atoms with E-state index in [1.165, 1.54) is 6.07 Å². The Bertz CT molecular complexity index is 499. The lowest BCUT2D eigenvalue weighted by atomic mass is 10.1. The van der Waals surface area contributed by atoms with Crippen LogP contribution >= 0.6 is 0 Å². The Kier molecular flexibility index (Phi) is 3.99. The molecular formula is C12H14F2N4. The second kappa shape index (κ2) is 5.68. The van der Waals surface area contributed by atoms with Crippen molar-refractivity contribution >= 4 is 0 Å². The van der Waals surface area contributed by atoms with Crippen LogP contribution in [0.3, 0.4) is 0 Å². The Labute approximate surface area is 104 Å². The van der Waals surface area contributed by atoms with Crippen LogP contribution in [0.4, 0.5) is 8.78 Å². The lowest BCUT2D eigenvalue weighted by molar-refractivity contribution is 0.458. The summed E-state index contributed by atoms with van der Waals surface area (Å²) >= 11 is 0. The van der Waals surface area contributed by atoms with Gasteiger partial charge in [-0.2, -0.15) is 0 Å². The van der Waals surface area contributed by atoms with Gasteiger partial charge in [-0.3, -0.25) is 4.68 Å². The van der Waals surface area contributed by atoms with Gasteiger partial charge < -0.3 is 5.32 Å². The van der Waals surface area contributed by atoms with Crippen molar-refractivity contribution in [3.05, 3.63) is 47.8 Å². The molecule has 0 spiro atoms. The van der Waals surface area contributed by atoms with Crippen LogP contribution in [0.2, 0.25) is 0 Å². The fourth-order valence-corrected chi connectivity index (χ4v) is 1.71. The molecule has 1 aromatic heterocycles. The third-order valence-corrected chi connectivity index (χ3v) is 2.71. The largest absolute Gasteiger partial charge is 0.308 e. The van der Waals surface area contributed by atoms with Crippen molar-refractivity contribution in [3.8, 4) is 0 Å². The maximum absolute atomic E-state index is 13.5. The standard InChI is InChI=1S/C12H14F2N4/c1-9(10-3-2-4-11(13)12(10)14)15-5-7-18-8-6-16-17-18/h2-4,6,8-9,15H,5,7H2,1H3. The summed E-state index contributed by atoms with van der Waals surface area (Å²) in [4.78, 5) is 0. The molecule has 0 fully saturated rings. The van der Waals surface area contributed by atoms with Crippen molar-refractivity contribution in [1.82, 2.24) is 20.3 Å². The van der Waals surface area contributed by atoms with Crippen LogP contribution in [-0.2, 0) is 6.54 Å². The van der Waals surface area contributed by atoms with Gasteiger partial charge in [0.2, 0.25) is 0 Å². The fourth-order valence-electron chi connectivity index (χ4n) is 1.71. The molecule has 0 aliphatic heterocycles. The quantitative estimate of drug-likeness (QED) is 0.884. The first-order valence-corrected chi connectivity index (χ1v) is 5.70. The molecule has 0 aliphatic rings. The van der Waals surface area contributed by atoms with E-state index in [1.54, 1.807) is 30.1 Å². The van der Waals surface area contributed by atoms with Gasteiger partial charge in [0, 0.05) is 24.3 Å². The number of rotatable bonds is 5. The SMILES string of the molecule is CC(NCCn1ccnn1)c1cccc(F)c1F. The highest BCUT2D eigenvalue weighted by Gasteiger charge is 2.13. The van der Waals surface area contributed by atoms with Crippen LogP contribution in [0.15, 0.2) is 30.6 Å². The molecule has 0 bridgehead atoms. The smallest absolute Gasteiger partial charge is 0.163 e. The molecule has 0 saturated carbocycles. The summed E-state index contributed by atoms with van der Waals surface area (Å²) in [6, 6.07) is 3.93. The number of aromatic nitrogens is 3. The maximum Gasteiger partial charge on any atom is 0.163 e. The van der Waals surface area contributed by atoms with E-state index < -0.39 is 11.6 Å². The van der Waals surface area contributed by atoms with E-state index in [4.69, 9.17) is 0 Å². The van der Waals surface area contributed by atoms with Crippen LogP contribution in [0.25, 0.3) is 0 Å². The first-order valence-electron chi connectivity index (χ1n) is 5.70. The van der Waals surface area contributed by atoms with Crippen molar-refractivity contribution in [3.63, 3.8) is 0 Å². The van der Waals surface area contributed by atoms with Gasteiger partial charge in [0.05, 0.1) is 12.7 Å². The molecule has 4 nitrogen and oxygen atoms in total. The molecule has 1 aromatic carbocycles. The minimum absolute atomic E-state index is 0.260. The molecule has 18 heavy (non-hydrogen) atoms. The number of hydrogen-bond donors (Lipinski definition) is 1. The van der Waals surface area contributed by atoms with Crippen molar-refractivity contribution in [2.24, 2.45) is 0 Å². The van der Waals surface area contributed by atoms with E-state index in [0.717, 1.165) is 6.07 Å². The van der Waals surface area contributed by atoms with E-state index in [9.17, 15) is 8.78 Å². The van der Waals surface area contributed by atoms with E-state index in [0.29, 0.717) is 18.7 Å². The number of hydrogen-bond acceptors (Lipinski definition) is 3. The molecule has 0 amide bonds. The Morgan fingerprint density at radius 3 is 2.94 bits per heavy atom. The van der Waals surface area contributed by atoms with Crippen molar-refractivity contribution in [2.45, 2.75) is 19.5 Å². The zero-order chi connectivity index (χ0) is 13.0. The lowest BCUT2D eigenvalue weighted by Gasteiger charge is -2.15. The van der Waals surface area contributed by atoms with Gasteiger partial charge in [-0.1, -0.05) is 17.3 Å². The average molecular weight is 252 g/mol. The van der Waals surface area contributed by atoms with Crippen molar-refractivity contribution in [1.29, 1.82) is 0 Å². The average Bonchev–Trinajstić information content (AvgIpc) is 2.85. The molecule has 0 saturated heterocycles. The van der Waals surface area contributed by atoms with Gasteiger partial charge >= 0.3 is 0 Å². The molecule has 1 N–H and O–H groups in total. The fraction of sp³-hybridized carbons (Fsp3) is 0.333. The first kappa shape index (κ1) is 12.6. The summed E-state index contributed by atoms with van der Waals surface area (Å²) in [5, 5.41) is 10.6. The second-order valence-electron chi connectivity index (χ2n) is 3.98. The predicted octanol–water partition coefficient (Wildman–Crippen LogP) is 1.91. The monoisotopic (exact) mass is 252 g/mol. The lowest BCUT2D eigenvalue weighted by Crippen LogP contribution is -2.24. The van der Waals surface area contributed by atoms with Gasteiger partial charge in [0.25, 0.3) is 0 Å². The second-order valence-corrected chi connectivity index (χ2v) is 3.98. The third kappa shape index (κ3) is 2.89. The summed E-state index contributed by atoms with van der Waals surface area (Å²) in [6.07, 6.45) is 3.34. The van der Waals surface area contributed by atoms with Gasteiger partial charge in [-0.25, -0.2) is 8.78 Å². The van der Waals surface area contributed by atoms with Crippen LogP contribution in [0.5, 0.6) is 0 Å². The normalized spacial score (nSPS) is 12.6. The van der Waals surface area contributed by atoms with E-state index in [1.807, 2.05) is 0 Å². The molecular weight excluding hydrogens is 238 g/mol. The van der Waals surface area contributed by atoms with Crippen molar-refractivity contribution in [2.75, 3.05) is 6.54 Å².